The highest BCUT2D eigenvalue weighted by Crippen LogP contribution is 2.22. The summed E-state index contributed by atoms with van der Waals surface area (Å²) in [6.45, 7) is 8.23. The number of aryl methyl sites for hydroxylation is 1. The molecule has 0 aliphatic rings. The minimum atomic E-state index is -0.442. The zero-order valence-electron chi connectivity index (χ0n) is 12.8. The van der Waals surface area contributed by atoms with Gasteiger partial charge in [-0.2, -0.15) is 5.10 Å². The number of aromatic nitrogens is 4. The third kappa shape index (κ3) is 3.65. The van der Waals surface area contributed by atoms with Crippen molar-refractivity contribution in [2.75, 3.05) is 6.61 Å². The van der Waals surface area contributed by atoms with Crippen molar-refractivity contribution in [3.8, 4) is 11.4 Å². The maximum atomic E-state index is 11.8. The van der Waals surface area contributed by atoms with Crippen LogP contribution in [0.3, 0.4) is 0 Å². The van der Waals surface area contributed by atoms with E-state index in [1.54, 1.807) is 13.0 Å². The maximum Gasteiger partial charge on any atom is 0.358 e. The Kier molecular flexibility index (Phi) is 4.67. The van der Waals surface area contributed by atoms with Crippen molar-refractivity contribution in [3.05, 3.63) is 29.1 Å². The van der Waals surface area contributed by atoms with Crippen LogP contribution in [0, 0.1) is 12.8 Å². The van der Waals surface area contributed by atoms with Gasteiger partial charge in [0.25, 0.3) is 0 Å². The van der Waals surface area contributed by atoms with Crippen molar-refractivity contribution < 1.29 is 9.53 Å². The molecule has 112 valence electrons. The Labute approximate surface area is 123 Å². The summed E-state index contributed by atoms with van der Waals surface area (Å²) in [5, 5.41) is 15.2. The minimum Gasteiger partial charge on any atom is -0.461 e. The van der Waals surface area contributed by atoms with E-state index >= 15 is 0 Å². The largest absolute Gasteiger partial charge is 0.461 e. The third-order valence-corrected chi connectivity index (χ3v) is 2.95. The number of ether oxygens (including phenoxy) is 1. The predicted octanol–water partition coefficient (Wildman–Crippen LogP) is 2.55. The van der Waals surface area contributed by atoms with E-state index in [2.05, 4.69) is 34.2 Å². The van der Waals surface area contributed by atoms with Crippen LogP contribution < -0.4 is 0 Å². The number of nitrogens with zero attached hydrogens (tertiary/aromatic N) is 3. The normalized spacial score (nSPS) is 10.9. The van der Waals surface area contributed by atoms with E-state index in [1.165, 1.54) is 0 Å². The van der Waals surface area contributed by atoms with E-state index < -0.39 is 5.97 Å². The highest BCUT2D eigenvalue weighted by molar-refractivity contribution is 5.87. The van der Waals surface area contributed by atoms with Gasteiger partial charge in [0.2, 0.25) is 0 Å². The summed E-state index contributed by atoms with van der Waals surface area (Å²) in [7, 11) is 0. The molecule has 0 radical (unpaired) electrons. The molecular formula is C15H20N4O2. The van der Waals surface area contributed by atoms with Crippen LogP contribution in [-0.4, -0.2) is 33.0 Å². The molecule has 0 aliphatic heterocycles. The van der Waals surface area contributed by atoms with Crippen LogP contribution >= 0.6 is 0 Å². The molecule has 0 saturated carbocycles. The van der Waals surface area contributed by atoms with Crippen LogP contribution in [0.5, 0.6) is 0 Å². The molecule has 0 saturated heterocycles. The molecule has 21 heavy (non-hydrogen) atoms. The van der Waals surface area contributed by atoms with Crippen molar-refractivity contribution in [1.82, 2.24) is 20.4 Å². The van der Waals surface area contributed by atoms with Crippen molar-refractivity contribution >= 4 is 5.97 Å². The summed E-state index contributed by atoms with van der Waals surface area (Å²) >= 11 is 0. The van der Waals surface area contributed by atoms with Crippen LogP contribution in [0.2, 0.25) is 0 Å². The molecule has 0 aromatic carbocycles. The van der Waals surface area contributed by atoms with Gasteiger partial charge in [-0.1, -0.05) is 13.8 Å². The topological polar surface area (TPSA) is 80.8 Å². The van der Waals surface area contributed by atoms with Gasteiger partial charge in [-0.05, 0) is 43.9 Å². The van der Waals surface area contributed by atoms with E-state index in [1.807, 2.05) is 13.0 Å². The molecule has 0 bridgehead atoms. The number of nitrogens with one attached hydrogen (secondary N) is 1. The summed E-state index contributed by atoms with van der Waals surface area (Å²) in [6.07, 6.45) is 0.801. The van der Waals surface area contributed by atoms with Crippen molar-refractivity contribution in [1.29, 1.82) is 0 Å². The molecule has 0 fully saturated rings. The lowest BCUT2D eigenvalue weighted by atomic mass is 10.00. The second-order valence-corrected chi connectivity index (χ2v) is 5.34. The number of hydrogen-bond acceptors (Lipinski definition) is 5. The van der Waals surface area contributed by atoms with Crippen LogP contribution in [0.25, 0.3) is 11.4 Å². The van der Waals surface area contributed by atoms with Crippen LogP contribution in [0.1, 0.15) is 42.5 Å². The van der Waals surface area contributed by atoms with Gasteiger partial charge in [0.1, 0.15) is 5.69 Å². The number of aromatic amines is 1. The zero-order valence-corrected chi connectivity index (χ0v) is 12.8. The van der Waals surface area contributed by atoms with E-state index in [0.29, 0.717) is 12.5 Å². The highest BCUT2D eigenvalue weighted by atomic mass is 16.5. The lowest BCUT2D eigenvalue weighted by molar-refractivity contribution is 0.0518. The lowest BCUT2D eigenvalue weighted by Crippen LogP contribution is -2.11. The molecule has 6 heteroatoms. The van der Waals surface area contributed by atoms with Crippen molar-refractivity contribution in [2.24, 2.45) is 5.92 Å². The van der Waals surface area contributed by atoms with Gasteiger partial charge in [0, 0.05) is 0 Å². The summed E-state index contributed by atoms with van der Waals surface area (Å²) < 4.78 is 4.98. The van der Waals surface area contributed by atoms with Gasteiger partial charge >= 0.3 is 5.97 Å². The van der Waals surface area contributed by atoms with Gasteiger partial charge in [0.15, 0.2) is 5.69 Å². The first-order chi connectivity index (χ1) is 10.0. The molecule has 0 amide bonds. The highest BCUT2D eigenvalue weighted by Gasteiger charge is 2.16. The Morgan fingerprint density at radius 3 is 2.67 bits per heavy atom. The average Bonchev–Trinajstić information content (AvgIpc) is 2.84. The number of H-pyrrole nitrogens is 1. The van der Waals surface area contributed by atoms with Gasteiger partial charge < -0.3 is 4.74 Å². The van der Waals surface area contributed by atoms with Crippen molar-refractivity contribution in [3.63, 3.8) is 0 Å². The second-order valence-electron chi connectivity index (χ2n) is 5.34. The fraction of sp³-hybridized carbons (Fsp3) is 0.467. The fourth-order valence-electron chi connectivity index (χ4n) is 2.10. The third-order valence-electron chi connectivity index (χ3n) is 2.95. The Bertz CT molecular complexity index is 634. The zero-order chi connectivity index (χ0) is 15.4. The lowest BCUT2D eigenvalue weighted by Gasteiger charge is -2.10. The van der Waals surface area contributed by atoms with Crippen LogP contribution in [-0.2, 0) is 11.2 Å². The monoisotopic (exact) mass is 288 g/mol. The Morgan fingerprint density at radius 1 is 1.33 bits per heavy atom. The van der Waals surface area contributed by atoms with Gasteiger partial charge in [-0.3, -0.25) is 5.10 Å². The molecule has 2 aromatic heterocycles. The van der Waals surface area contributed by atoms with Crippen molar-refractivity contribution in [2.45, 2.75) is 34.1 Å². The molecular weight excluding hydrogens is 268 g/mol. The maximum absolute atomic E-state index is 11.8. The Morgan fingerprint density at radius 2 is 2.10 bits per heavy atom. The standard InChI is InChI=1S/C15H20N4O2/c1-5-21-15(20)13-8-11(6-9(2)3)14(19-18-13)12-7-10(4)16-17-12/h7-9H,5-6H2,1-4H3,(H,16,17). The first-order valence-corrected chi connectivity index (χ1v) is 7.07. The molecule has 2 rings (SSSR count). The molecule has 0 spiro atoms. The first kappa shape index (κ1) is 15.2. The van der Waals surface area contributed by atoms with E-state index in [0.717, 1.165) is 29.1 Å². The van der Waals surface area contributed by atoms with Gasteiger partial charge in [-0.15, -0.1) is 10.2 Å². The molecule has 0 unspecified atom stereocenters. The SMILES string of the molecule is CCOC(=O)c1cc(CC(C)C)c(-c2cc(C)n[nH]2)nn1. The van der Waals surface area contributed by atoms with E-state index in [-0.39, 0.29) is 5.69 Å². The van der Waals surface area contributed by atoms with Gasteiger partial charge in [-0.25, -0.2) is 4.79 Å². The summed E-state index contributed by atoms with van der Waals surface area (Å²) in [5.74, 6) is -0.00522. The Hall–Kier alpha value is -2.24. The summed E-state index contributed by atoms with van der Waals surface area (Å²) in [5.41, 5.74) is 3.64. The molecule has 6 nitrogen and oxygen atoms in total. The predicted molar refractivity (Wildman–Crippen MR) is 78.8 cm³/mol. The van der Waals surface area contributed by atoms with E-state index in [9.17, 15) is 4.79 Å². The molecule has 0 aliphatic carbocycles. The summed E-state index contributed by atoms with van der Waals surface area (Å²) in [6, 6.07) is 3.67. The summed E-state index contributed by atoms with van der Waals surface area (Å²) in [4.78, 5) is 11.8. The number of carbonyl (C=O) groups is 1. The quantitative estimate of drug-likeness (QED) is 0.855. The van der Waals surface area contributed by atoms with Gasteiger partial charge in [0.05, 0.1) is 18.0 Å². The minimum absolute atomic E-state index is 0.243. The van der Waals surface area contributed by atoms with Crippen LogP contribution in [0.15, 0.2) is 12.1 Å². The molecule has 1 N–H and O–H groups in total. The number of rotatable bonds is 5. The number of carbonyl (C=O) groups excluding carboxylic acids is 1. The molecule has 0 atom stereocenters. The molecule has 2 aromatic rings. The van der Waals surface area contributed by atoms with E-state index in [4.69, 9.17) is 4.74 Å². The fourth-order valence-corrected chi connectivity index (χ4v) is 2.10. The first-order valence-electron chi connectivity index (χ1n) is 7.07. The molecule has 2 heterocycles. The smallest absolute Gasteiger partial charge is 0.358 e. The van der Waals surface area contributed by atoms with Crippen LogP contribution in [0.4, 0.5) is 0 Å². The number of esters is 1. The average molecular weight is 288 g/mol. The second kappa shape index (κ2) is 6.47. The number of hydrogen-bond donors (Lipinski definition) is 1. The Balaban J connectivity index is 2.42.